The summed E-state index contributed by atoms with van der Waals surface area (Å²) < 4.78 is 6.03. The molecule has 3 rings (SSSR count). The van der Waals surface area contributed by atoms with Crippen molar-refractivity contribution in [3.63, 3.8) is 0 Å². The number of pyridine rings is 1. The number of para-hydroxylation sites is 1. The van der Waals surface area contributed by atoms with Crippen molar-refractivity contribution in [2.45, 2.75) is 32.4 Å². The Hall–Kier alpha value is -2.07. The Bertz CT molecular complexity index is 624. The van der Waals surface area contributed by atoms with Gasteiger partial charge >= 0.3 is 0 Å². The smallest absolute Gasteiger partial charge is 0.137 e. The van der Waals surface area contributed by atoms with E-state index < -0.39 is 0 Å². The normalized spacial score (nSPS) is 19.3. The van der Waals surface area contributed by atoms with Crippen LogP contribution in [0.3, 0.4) is 0 Å². The largest absolute Gasteiger partial charge is 0.490 e. The summed E-state index contributed by atoms with van der Waals surface area (Å²) in [6.07, 6.45) is 3.54. The summed E-state index contributed by atoms with van der Waals surface area (Å²) in [7, 11) is 0. The van der Waals surface area contributed by atoms with Crippen LogP contribution in [-0.2, 0) is 0 Å². The molecule has 0 spiro atoms. The predicted octanol–water partition coefficient (Wildman–Crippen LogP) is 3.45. The third-order valence-corrected chi connectivity index (χ3v) is 4.60. The molecule has 1 fully saturated rings. The van der Waals surface area contributed by atoms with E-state index in [1.165, 1.54) is 5.69 Å². The van der Waals surface area contributed by atoms with Crippen LogP contribution in [0.2, 0.25) is 0 Å². The number of nitrogens with zero attached hydrogens (tertiary/aromatic N) is 3. The van der Waals surface area contributed by atoms with Gasteiger partial charge in [-0.1, -0.05) is 18.2 Å². The van der Waals surface area contributed by atoms with Crippen LogP contribution in [0.5, 0.6) is 5.75 Å². The summed E-state index contributed by atoms with van der Waals surface area (Å²) in [4.78, 5) is 9.15. The van der Waals surface area contributed by atoms with Crippen LogP contribution in [0.4, 0.5) is 5.69 Å². The topological polar surface area (TPSA) is 28.6 Å². The standard InChI is InChI=1S/C20H27N3O/c1-20(2,3)22-12-13-23(17-8-5-4-6-9-17)18(15-22)16-24-19-10-7-11-21-14-19/h4-11,14,18H,12-13,15-16H2,1-3H3. The lowest BCUT2D eigenvalue weighted by molar-refractivity contribution is 0.0943. The zero-order valence-electron chi connectivity index (χ0n) is 14.9. The average molecular weight is 325 g/mol. The van der Waals surface area contributed by atoms with Crippen LogP contribution in [0, 0.1) is 0 Å². The highest BCUT2D eigenvalue weighted by atomic mass is 16.5. The van der Waals surface area contributed by atoms with E-state index in [0.717, 1.165) is 25.4 Å². The Morgan fingerprint density at radius 2 is 1.88 bits per heavy atom. The van der Waals surface area contributed by atoms with Gasteiger partial charge in [0.2, 0.25) is 0 Å². The van der Waals surface area contributed by atoms with Crippen molar-refractivity contribution >= 4 is 5.69 Å². The second kappa shape index (κ2) is 7.22. The minimum atomic E-state index is 0.176. The zero-order chi connectivity index (χ0) is 17.0. The third kappa shape index (κ3) is 4.06. The van der Waals surface area contributed by atoms with Crippen molar-refractivity contribution < 1.29 is 4.74 Å². The number of rotatable bonds is 4. The van der Waals surface area contributed by atoms with Crippen molar-refractivity contribution in [2.75, 3.05) is 31.1 Å². The SMILES string of the molecule is CC(C)(C)N1CCN(c2ccccc2)C(COc2cccnc2)C1. The second-order valence-corrected chi connectivity index (χ2v) is 7.30. The lowest BCUT2D eigenvalue weighted by atomic mass is 10.0. The van der Waals surface area contributed by atoms with Crippen molar-refractivity contribution in [2.24, 2.45) is 0 Å². The van der Waals surface area contributed by atoms with Crippen molar-refractivity contribution in [3.05, 3.63) is 54.9 Å². The van der Waals surface area contributed by atoms with Gasteiger partial charge in [0.1, 0.15) is 12.4 Å². The van der Waals surface area contributed by atoms with E-state index in [0.29, 0.717) is 12.6 Å². The van der Waals surface area contributed by atoms with E-state index in [-0.39, 0.29) is 5.54 Å². The number of piperazine rings is 1. The Balaban J connectivity index is 1.75. The van der Waals surface area contributed by atoms with Crippen LogP contribution in [0.15, 0.2) is 54.9 Å². The summed E-state index contributed by atoms with van der Waals surface area (Å²) >= 11 is 0. The molecule has 2 heterocycles. The Morgan fingerprint density at radius 1 is 1.08 bits per heavy atom. The van der Waals surface area contributed by atoms with E-state index in [1.807, 2.05) is 12.1 Å². The van der Waals surface area contributed by atoms with E-state index >= 15 is 0 Å². The maximum absolute atomic E-state index is 6.03. The molecule has 0 bridgehead atoms. The molecule has 0 amide bonds. The number of benzene rings is 1. The molecule has 1 atom stereocenters. The quantitative estimate of drug-likeness (QED) is 0.861. The third-order valence-electron chi connectivity index (χ3n) is 4.60. The molecule has 2 aromatic rings. The highest BCUT2D eigenvalue weighted by Crippen LogP contribution is 2.25. The second-order valence-electron chi connectivity index (χ2n) is 7.30. The van der Waals surface area contributed by atoms with Crippen molar-refractivity contribution in [1.82, 2.24) is 9.88 Å². The van der Waals surface area contributed by atoms with Crippen LogP contribution in [-0.4, -0.2) is 47.7 Å². The first kappa shape index (κ1) is 16.8. The van der Waals surface area contributed by atoms with E-state index in [9.17, 15) is 0 Å². The van der Waals surface area contributed by atoms with Crippen LogP contribution >= 0.6 is 0 Å². The summed E-state index contributed by atoms with van der Waals surface area (Å²) in [6.45, 7) is 10.6. The monoisotopic (exact) mass is 325 g/mol. The fraction of sp³-hybridized carbons (Fsp3) is 0.450. The van der Waals surface area contributed by atoms with Gasteiger partial charge in [-0.25, -0.2) is 0 Å². The molecule has 24 heavy (non-hydrogen) atoms. The summed E-state index contributed by atoms with van der Waals surface area (Å²) in [5.41, 5.74) is 1.45. The highest BCUT2D eigenvalue weighted by molar-refractivity contribution is 5.48. The molecule has 1 saturated heterocycles. The van der Waals surface area contributed by atoms with E-state index in [1.54, 1.807) is 12.4 Å². The van der Waals surface area contributed by atoms with Crippen LogP contribution in [0.25, 0.3) is 0 Å². The minimum Gasteiger partial charge on any atom is -0.490 e. The van der Waals surface area contributed by atoms with Gasteiger partial charge < -0.3 is 9.64 Å². The number of ether oxygens (including phenoxy) is 1. The summed E-state index contributed by atoms with van der Waals surface area (Å²) in [5, 5.41) is 0. The molecular weight excluding hydrogens is 298 g/mol. The lowest BCUT2D eigenvalue weighted by Gasteiger charge is -2.47. The molecule has 1 aromatic carbocycles. The number of aromatic nitrogens is 1. The van der Waals surface area contributed by atoms with Gasteiger partial charge in [-0.2, -0.15) is 0 Å². The molecule has 1 aromatic heterocycles. The maximum Gasteiger partial charge on any atom is 0.137 e. The number of hydrogen-bond acceptors (Lipinski definition) is 4. The molecule has 0 aliphatic carbocycles. The molecule has 0 radical (unpaired) electrons. The van der Waals surface area contributed by atoms with Crippen LogP contribution < -0.4 is 9.64 Å². The molecule has 4 nitrogen and oxygen atoms in total. The summed E-state index contributed by atoms with van der Waals surface area (Å²) in [6, 6.07) is 14.8. The van der Waals surface area contributed by atoms with Gasteiger partial charge in [-0.3, -0.25) is 9.88 Å². The first-order chi connectivity index (χ1) is 11.5. The van der Waals surface area contributed by atoms with E-state index in [2.05, 4.69) is 65.9 Å². The fourth-order valence-electron chi connectivity index (χ4n) is 3.19. The van der Waals surface area contributed by atoms with Crippen LogP contribution in [0.1, 0.15) is 20.8 Å². The molecule has 4 heteroatoms. The molecular formula is C20H27N3O. The first-order valence-electron chi connectivity index (χ1n) is 8.63. The van der Waals surface area contributed by atoms with Gasteiger partial charge in [0.15, 0.2) is 0 Å². The van der Waals surface area contributed by atoms with Crippen molar-refractivity contribution in [3.8, 4) is 5.75 Å². The van der Waals surface area contributed by atoms with Gasteiger partial charge in [0.25, 0.3) is 0 Å². The highest BCUT2D eigenvalue weighted by Gasteiger charge is 2.32. The predicted molar refractivity (Wildman–Crippen MR) is 98.6 cm³/mol. The summed E-state index contributed by atoms with van der Waals surface area (Å²) in [5.74, 6) is 0.832. The van der Waals surface area contributed by atoms with Crippen molar-refractivity contribution in [1.29, 1.82) is 0 Å². The molecule has 0 N–H and O–H groups in total. The first-order valence-corrected chi connectivity index (χ1v) is 8.63. The van der Waals surface area contributed by atoms with Gasteiger partial charge in [-0.05, 0) is 45.0 Å². The zero-order valence-corrected chi connectivity index (χ0v) is 14.9. The van der Waals surface area contributed by atoms with Gasteiger partial charge in [-0.15, -0.1) is 0 Å². The number of hydrogen-bond donors (Lipinski definition) is 0. The molecule has 0 saturated carbocycles. The molecule has 1 aliphatic rings. The Morgan fingerprint density at radius 3 is 2.54 bits per heavy atom. The molecule has 128 valence electrons. The number of anilines is 1. The fourth-order valence-corrected chi connectivity index (χ4v) is 3.19. The molecule has 1 unspecified atom stereocenters. The lowest BCUT2D eigenvalue weighted by Crippen LogP contribution is -2.60. The minimum absolute atomic E-state index is 0.176. The van der Waals surface area contributed by atoms with Gasteiger partial charge in [0, 0.05) is 37.1 Å². The maximum atomic E-state index is 6.03. The Labute approximate surface area is 145 Å². The van der Waals surface area contributed by atoms with E-state index in [4.69, 9.17) is 4.74 Å². The Kier molecular flexibility index (Phi) is 5.05. The van der Waals surface area contributed by atoms with Gasteiger partial charge in [0.05, 0.1) is 12.2 Å². The average Bonchev–Trinajstić information content (AvgIpc) is 2.60. The molecule has 1 aliphatic heterocycles.